The molecule has 1 amide bonds. The van der Waals surface area contributed by atoms with Crippen molar-refractivity contribution in [3.8, 4) is 11.5 Å². The van der Waals surface area contributed by atoms with E-state index in [4.69, 9.17) is 9.47 Å². The van der Waals surface area contributed by atoms with Crippen LogP contribution in [0.3, 0.4) is 0 Å². The van der Waals surface area contributed by atoms with Gasteiger partial charge in [0.25, 0.3) is 0 Å². The van der Waals surface area contributed by atoms with Crippen molar-refractivity contribution in [2.75, 3.05) is 20.8 Å². The lowest BCUT2D eigenvalue weighted by atomic mass is 9.90. The molecule has 1 aromatic heterocycles. The number of amides is 1. The number of carbonyl (C=O) groups excluding carboxylic acids is 1. The number of rotatable bonds is 8. The SMILES string of the molecule is COc1ccc(C(CNC(=O)Cc2cccc(OC)c2)c2c[nH]c3ccccc23)cc1. The van der Waals surface area contributed by atoms with E-state index in [1.165, 1.54) is 0 Å². The maximum Gasteiger partial charge on any atom is 0.224 e. The highest BCUT2D eigenvalue weighted by Crippen LogP contribution is 2.31. The molecule has 0 saturated carbocycles. The van der Waals surface area contributed by atoms with E-state index < -0.39 is 0 Å². The molecule has 0 saturated heterocycles. The molecule has 5 nitrogen and oxygen atoms in total. The highest BCUT2D eigenvalue weighted by Gasteiger charge is 2.19. The van der Waals surface area contributed by atoms with E-state index in [-0.39, 0.29) is 11.8 Å². The number of H-pyrrole nitrogens is 1. The summed E-state index contributed by atoms with van der Waals surface area (Å²) in [6, 6.07) is 23.8. The Bertz CT molecular complexity index is 1160. The Labute approximate surface area is 182 Å². The van der Waals surface area contributed by atoms with Gasteiger partial charge in [0, 0.05) is 29.6 Å². The van der Waals surface area contributed by atoms with Crippen LogP contribution >= 0.6 is 0 Å². The summed E-state index contributed by atoms with van der Waals surface area (Å²) in [5.74, 6) is 1.55. The fourth-order valence-electron chi connectivity index (χ4n) is 3.87. The van der Waals surface area contributed by atoms with Crippen molar-refractivity contribution in [1.29, 1.82) is 0 Å². The Hall–Kier alpha value is -3.73. The van der Waals surface area contributed by atoms with Gasteiger partial charge in [-0.2, -0.15) is 0 Å². The summed E-state index contributed by atoms with van der Waals surface area (Å²) in [5.41, 5.74) is 4.28. The number of aromatic nitrogens is 1. The van der Waals surface area contributed by atoms with Crippen molar-refractivity contribution in [2.45, 2.75) is 12.3 Å². The van der Waals surface area contributed by atoms with Crippen molar-refractivity contribution >= 4 is 16.8 Å². The lowest BCUT2D eigenvalue weighted by Crippen LogP contribution is -2.30. The van der Waals surface area contributed by atoms with Gasteiger partial charge in [-0.05, 0) is 47.0 Å². The first kappa shape index (κ1) is 20.5. The first-order valence-corrected chi connectivity index (χ1v) is 10.3. The summed E-state index contributed by atoms with van der Waals surface area (Å²) in [6.07, 6.45) is 2.34. The van der Waals surface area contributed by atoms with Gasteiger partial charge in [-0.1, -0.05) is 42.5 Å². The minimum atomic E-state index is -0.0217. The molecule has 1 atom stereocenters. The summed E-state index contributed by atoms with van der Waals surface area (Å²) in [7, 11) is 3.28. The molecular weight excluding hydrogens is 388 g/mol. The second kappa shape index (κ2) is 9.39. The molecule has 0 aliphatic carbocycles. The number of benzene rings is 3. The van der Waals surface area contributed by atoms with E-state index in [1.807, 2.05) is 54.7 Å². The summed E-state index contributed by atoms with van der Waals surface area (Å²) in [4.78, 5) is 16.1. The van der Waals surface area contributed by atoms with Gasteiger partial charge in [0.15, 0.2) is 0 Å². The van der Waals surface area contributed by atoms with Crippen molar-refractivity contribution in [1.82, 2.24) is 10.3 Å². The van der Waals surface area contributed by atoms with Gasteiger partial charge in [0.05, 0.1) is 20.6 Å². The van der Waals surface area contributed by atoms with Gasteiger partial charge in [-0.25, -0.2) is 0 Å². The van der Waals surface area contributed by atoms with Crippen molar-refractivity contribution in [3.05, 3.63) is 95.7 Å². The third-order valence-corrected chi connectivity index (χ3v) is 5.52. The number of hydrogen-bond donors (Lipinski definition) is 2. The molecule has 1 unspecified atom stereocenters. The molecule has 3 aromatic carbocycles. The Morgan fingerprint density at radius 2 is 1.71 bits per heavy atom. The summed E-state index contributed by atoms with van der Waals surface area (Å²) in [5, 5.41) is 4.28. The van der Waals surface area contributed by atoms with Crippen LogP contribution in [-0.4, -0.2) is 31.7 Å². The maximum absolute atomic E-state index is 12.7. The first-order valence-electron chi connectivity index (χ1n) is 10.3. The normalized spacial score (nSPS) is 11.8. The quantitative estimate of drug-likeness (QED) is 0.440. The molecule has 0 spiro atoms. The minimum absolute atomic E-state index is 0.0105. The van der Waals surface area contributed by atoms with Crippen LogP contribution in [0.25, 0.3) is 10.9 Å². The van der Waals surface area contributed by atoms with E-state index in [9.17, 15) is 4.79 Å². The second-order valence-electron chi connectivity index (χ2n) is 7.45. The molecule has 0 aliphatic heterocycles. The van der Waals surface area contributed by atoms with Crippen molar-refractivity contribution < 1.29 is 14.3 Å². The molecule has 0 fully saturated rings. The van der Waals surface area contributed by atoms with Crippen LogP contribution in [0.2, 0.25) is 0 Å². The number of hydrogen-bond acceptors (Lipinski definition) is 3. The zero-order valence-corrected chi connectivity index (χ0v) is 17.7. The Morgan fingerprint density at radius 1 is 0.935 bits per heavy atom. The van der Waals surface area contributed by atoms with Crippen LogP contribution < -0.4 is 14.8 Å². The molecule has 2 N–H and O–H groups in total. The predicted octanol–water partition coefficient (Wildman–Crippen LogP) is 4.68. The lowest BCUT2D eigenvalue weighted by molar-refractivity contribution is -0.120. The average Bonchev–Trinajstić information content (AvgIpc) is 3.24. The van der Waals surface area contributed by atoms with Gasteiger partial charge in [0.2, 0.25) is 5.91 Å². The monoisotopic (exact) mass is 414 g/mol. The molecular formula is C26H26N2O3. The Balaban J connectivity index is 1.56. The second-order valence-corrected chi connectivity index (χ2v) is 7.45. The van der Waals surface area contributed by atoms with Crippen molar-refractivity contribution in [3.63, 3.8) is 0 Å². The van der Waals surface area contributed by atoms with Crippen LogP contribution in [-0.2, 0) is 11.2 Å². The number of fused-ring (bicyclic) bond motifs is 1. The highest BCUT2D eigenvalue weighted by atomic mass is 16.5. The molecule has 4 aromatic rings. The Morgan fingerprint density at radius 3 is 2.48 bits per heavy atom. The zero-order chi connectivity index (χ0) is 21.6. The third kappa shape index (κ3) is 4.72. The maximum atomic E-state index is 12.7. The predicted molar refractivity (Wildman–Crippen MR) is 123 cm³/mol. The largest absolute Gasteiger partial charge is 0.497 e. The highest BCUT2D eigenvalue weighted by molar-refractivity contribution is 5.84. The van der Waals surface area contributed by atoms with E-state index in [1.54, 1.807) is 14.2 Å². The minimum Gasteiger partial charge on any atom is -0.497 e. The van der Waals surface area contributed by atoms with E-state index >= 15 is 0 Å². The molecule has 0 radical (unpaired) electrons. The van der Waals surface area contributed by atoms with Gasteiger partial charge in [-0.15, -0.1) is 0 Å². The van der Waals surface area contributed by atoms with Crippen LogP contribution in [0.1, 0.15) is 22.6 Å². The number of carbonyl (C=O) groups is 1. The van der Waals surface area contributed by atoms with Gasteiger partial charge in [-0.3, -0.25) is 4.79 Å². The Kier molecular flexibility index (Phi) is 6.22. The van der Waals surface area contributed by atoms with Crippen LogP contribution in [0, 0.1) is 0 Å². The van der Waals surface area contributed by atoms with Crippen LogP contribution in [0.4, 0.5) is 0 Å². The topological polar surface area (TPSA) is 63.4 Å². The summed E-state index contributed by atoms with van der Waals surface area (Å²) < 4.78 is 10.6. The average molecular weight is 415 g/mol. The fraction of sp³-hybridized carbons (Fsp3) is 0.192. The molecule has 31 heavy (non-hydrogen) atoms. The van der Waals surface area contributed by atoms with Gasteiger partial charge >= 0.3 is 0 Å². The number of para-hydroxylation sites is 1. The summed E-state index contributed by atoms with van der Waals surface area (Å²) in [6.45, 7) is 0.497. The third-order valence-electron chi connectivity index (χ3n) is 5.52. The standard InChI is InChI=1S/C26H26N2O3/c1-30-20-12-10-19(11-13-20)23(24-17-27-25-9-4-3-8-22(24)25)16-28-26(29)15-18-6-5-7-21(14-18)31-2/h3-14,17,23,27H,15-16H2,1-2H3,(H,28,29). The van der Waals surface area contributed by atoms with Crippen molar-refractivity contribution in [2.24, 2.45) is 0 Å². The van der Waals surface area contributed by atoms with Gasteiger partial charge in [0.1, 0.15) is 11.5 Å². The number of aromatic amines is 1. The molecule has 158 valence electrons. The fourth-order valence-corrected chi connectivity index (χ4v) is 3.87. The van der Waals surface area contributed by atoms with E-state index in [2.05, 4.69) is 34.6 Å². The molecule has 4 rings (SSSR count). The number of nitrogens with one attached hydrogen (secondary N) is 2. The number of methoxy groups -OCH3 is 2. The molecule has 5 heteroatoms. The first-order chi connectivity index (χ1) is 15.2. The molecule has 0 aliphatic rings. The lowest BCUT2D eigenvalue weighted by Gasteiger charge is -2.19. The smallest absolute Gasteiger partial charge is 0.224 e. The zero-order valence-electron chi connectivity index (χ0n) is 17.7. The molecule has 1 heterocycles. The van der Waals surface area contributed by atoms with E-state index in [0.29, 0.717) is 13.0 Å². The van der Waals surface area contributed by atoms with Gasteiger partial charge < -0.3 is 19.8 Å². The molecule has 0 bridgehead atoms. The van der Waals surface area contributed by atoms with Crippen LogP contribution in [0.5, 0.6) is 11.5 Å². The van der Waals surface area contributed by atoms with Crippen LogP contribution in [0.15, 0.2) is 79.0 Å². The summed E-state index contributed by atoms with van der Waals surface area (Å²) >= 11 is 0. The number of ether oxygens (including phenoxy) is 2. The van der Waals surface area contributed by atoms with E-state index in [0.717, 1.165) is 39.1 Å².